The number of carbonyl (C=O) groups excluding carboxylic acids is 1. The molecule has 1 saturated carbocycles. The van der Waals surface area contributed by atoms with Crippen LogP contribution in [-0.2, 0) is 4.79 Å². The van der Waals surface area contributed by atoms with E-state index in [0.29, 0.717) is 6.42 Å². The van der Waals surface area contributed by atoms with E-state index in [1.807, 2.05) is 6.26 Å². The van der Waals surface area contributed by atoms with Crippen LogP contribution in [0.5, 0.6) is 0 Å². The quantitative estimate of drug-likeness (QED) is 0.790. The molecule has 1 amide bonds. The monoisotopic (exact) mass is 293 g/mol. The van der Waals surface area contributed by atoms with Gasteiger partial charge in [-0.1, -0.05) is 35.2 Å². The van der Waals surface area contributed by atoms with Crippen molar-refractivity contribution in [3.63, 3.8) is 0 Å². The van der Waals surface area contributed by atoms with Gasteiger partial charge in [0.1, 0.15) is 0 Å². The van der Waals surface area contributed by atoms with Crippen molar-refractivity contribution in [1.82, 2.24) is 5.32 Å². The van der Waals surface area contributed by atoms with Gasteiger partial charge in [0.2, 0.25) is 5.91 Å². The van der Waals surface area contributed by atoms with Crippen LogP contribution >= 0.6 is 27.7 Å². The van der Waals surface area contributed by atoms with Crippen LogP contribution < -0.4 is 5.32 Å². The number of hydrogen-bond acceptors (Lipinski definition) is 2. The minimum Gasteiger partial charge on any atom is -0.350 e. The molecule has 0 unspecified atom stereocenters. The van der Waals surface area contributed by atoms with E-state index in [4.69, 9.17) is 0 Å². The lowest BCUT2D eigenvalue weighted by Crippen LogP contribution is -2.51. The third kappa shape index (κ3) is 4.35. The topological polar surface area (TPSA) is 29.1 Å². The Kier molecular flexibility index (Phi) is 6.05. The first-order valence-corrected chi connectivity index (χ1v) is 8.10. The first-order valence-electron chi connectivity index (χ1n) is 5.58. The number of amides is 1. The highest BCUT2D eigenvalue weighted by molar-refractivity contribution is 9.09. The zero-order chi connectivity index (χ0) is 11.1. The number of alkyl halides is 1. The Morgan fingerprint density at radius 1 is 1.40 bits per heavy atom. The van der Waals surface area contributed by atoms with Crippen molar-refractivity contribution in [1.29, 1.82) is 0 Å². The molecule has 0 aromatic rings. The summed E-state index contributed by atoms with van der Waals surface area (Å²) in [5, 5.41) is 4.11. The highest BCUT2D eigenvalue weighted by Gasteiger charge is 2.31. The average molecular weight is 294 g/mol. The summed E-state index contributed by atoms with van der Waals surface area (Å²) in [4.78, 5) is 11.7. The molecule has 1 fully saturated rings. The van der Waals surface area contributed by atoms with Gasteiger partial charge in [-0.15, -0.1) is 0 Å². The Bertz CT molecular complexity index is 205. The number of halogens is 1. The zero-order valence-corrected chi connectivity index (χ0v) is 11.8. The normalized spacial score (nSPS) is 19.9. The summed E-state index contributed by atoms with van der Waals surface area (Å²) in [7, 11) is 0. The van der Waals surface area contributed by atoms with Gasteiger partial charge in [-0.2, -0.15) is 11.8 Å². The molecule has 0 aromatic heterocycles. The standard InChI is InChI=1S/C11H20BrNOS/c1-15-8-5-10(14)13-11(9-12)6-3-2-4-7-11/h2-9H2,1H3,(H,13,14). The van der Waals surface area contributed by atoms with Gasteiger partial charge in [0.15, 0.2) is 0 Å². The second-order valence-electron chi connectivity index (χ2n) is 4.27. The molecule has 0 radical (unpaired) electrons. The van der Waals surface area contributed by atoms with Crippen molar-refractivity contribution >= 4 is 33.6 Å². The van der Waals surface area contributed by atoms with Gasteiger partial charge in [0.05, 0.1) is 0 Å². The summed E-state index contributed by atoms with van der Waals surface area (Å²) in [6.07, 6.45) is 8.74. The number of rotatable bonds is 5. The van der Waals surface area contributed by atoms with Crippen LogP contribution in [-0.4, -0.2) is 28.8 Å². The first-order chi connectivity index (χ1) is 7.22. The molecule has 0 atom stereocenters. The third-order valence-corrected chi connectivity index (χ3v) is 4.69. The number of thioether (sulfide) groups is 1. The van der Waals surface area contributed by atoms with Crippen LogP contribution in [0.15, 0.2) is 0 Å². The van der Waals surface area contributed by atoms with Crippen molar-refractivity contribution in [3.8, 4) is 0 Å². The molecule has 0 heterocycles. The minimum atomic E-state index is 0.0493. The highest BCUT2D eigenvalue weighted by Crippen LogP contribution is 2.29. The van der Waals surface area contributed by atoms with Crippen molar-refractivity contribution in [3.05, 3.63) is 0 Å². The van der Waals surface area contributed by atoms with E-state index >= 15 is 0 Å². The van der Waals surface area contributed by atoms with Crippen LogP contribution in [0.25, 0.3) is 0 Å². The Morgan fingerprint density at radius 3 is 2.60 bits per heavy atom. The molecule has 1 rings (SSSR count). The maximum Gasteiger partial charge on any atom is 0.221 e. The molecule has 88 valence electrons. The smallest absolute Gasteiger partial charge is 0.221 e. The van der Waals surface area contributed by atoms with Crippen LogP contribution in [0.2, 0.25) is 0 Å². The Morgan fingerprint density at radius 2 is 2.07 bits per heavy atom. The molecular formula is C11H20BrNOS. The summed E-state index contributed by atoms with van der Waals surface area (Å²) >= 11 is 5.27. The van der Waals surface area contributed by atoms with Gasteiger partial charge < -0.3 is 5.32 Å². The molecule has 0 aromatic carbocycles. The summed E-state index contributed by atoms with van der Waals surface area (Å²) in [6.45, 7) is 0. The molecule has 2 nitrogen and oxygen atoms in total. The van der Waals surface area contributed by atoms with Crippen molar-refractivity contribution < 1.29 is 4.79 Å². The van der Waals surface area contributed by atoms with Crippen LogP contribution in [0, 0.1) is 0 Å². The minimum absolute atomic E-state index is 0.0493. The van der Waals surface area contributed by atoms with E-state index in [-0.39, 0.29) is 11.4 Å². The maximum atomic E-state index is 11.7. The van der Waals surface area contributed by atoms with Gasteiger partial charge >= 0.3 is 0 Å². The zero-order valence-electron chi connectivity index (χ0n) is 9.35. The van der Waals surface area contributed by atoms with Crippen molar-refractivity contribution in [2.24, 2.45) is 0 Å². The van der Waals surface area contributed by atoms with Crippen molar-refractivity contribution in [2.45, 2.75) is 44.1 Å². The first kappa shape index (κ1) is 13.4. The summed E-state index contributed by atoms with van der Waals surface area (Å²) in [5.41, 5.74) is 0.0493. The van der Waals surface area contributed by atoms with Crippen molar-refractivity contribution in [2.75, 3.05) is 17.3 Å². The lowest BCUT2D eigenvalue weighted by Gasteiger charge is -2.36. The molecule has 1 aliphatic carbocycles. The average Bonchev–Trinajstić information content (AvgIpc) is 2.27. The van der Waals surface area contributed by atoms with Gasteiger partial charge in [-0.25, -0.2) is 0 Å². The number of hydrogen-bond donors (Lipinski definition) is 1. The molecule has 0 aliphatic heterocycles. The Balaban J connectivity index is 2.40. The Labute approximate surface area is 105 Å². The number of carbonyl (C=O) groups is 1. The van der Waals surface area contributed by atoms with Gasteiger partial charge in [-0.05, 0) is 19.1 Å². The highest BCUT2D eigenvalue weighted by atomic mass is 79.9. The maximum absolute atomic E-state index is 11.7. The van der Waals surface area contributed by atoms with Gasteiger partial charge in [0, 0.05) is 23.0 Å². The second-order valence-corrected chi connectivity index (χ2v) is 5.81. The fraction of sp³-hybridized carbons (Fsp3) is 0.909. The molecule has 0 saturated heterocycles. The van der Waals surface area contributed by atoms with Crippen LogP contribution in [0.1, 0.15) is 38.5 Å². The lowest BCUT2D eigenvalue weighted by atomic mass is 9.83. The van der Waals surface area contributed by atoms with E-state index in [1.54, 1.807) is 11.8 Å². The second kappa shape index (κ2) is 6.79. The Hall–Kier alpha value is 0.300. The molecule has 1 N–H and O–H groups in total. The molecule has 0 spiro atoms. The molecule has 0 bridgehead atoms. The van der Waals surface area contributed by atoms with E-state index in [1.165, 1.54) is 19.3 Å². The van der Waals surface area contributed by atoms with E-state index < -0.39 is 0 Å². The largest absolute Gasteiger partial charge is 0.350 e. The summed E-state index contributed by atoms with van der Waals surface area (Å²) in [5.74, 6) is 1.13. The molecular weight excluding hydrogens is 274 g/mol. The fourth-order valence-corrected chi connectivity index (χ4v) is 3.16. The lowest BCUT2D eigenvalue weighted by molar-refractivity contribution is -0.122. The van der Waals surface area contributed by atoms with E-state index in [2.05, 4.69) is 21.2 Å². The molecule has 1 aliphatic rings. The van der Waals surface area contributed by atoms with Crippen LogP contribution in [0.4, 0.5) is 0 Å². The summed E-state index contributed by atoms with van der Waals surface area (Å²) < 4.78 is 0. The van der Waals surface area contributed by atoms with Gasteiger partial charge in [0.25, 0.3) is 0 Å². The fourth-order valence-electron chi connectivity index (χ4n) is 2.07. The molecule has 15 heavy (non-hydrogen) atoms. The SMILES string of the molecule is CSCCC(=O)NC1(CBr)CCCCC1. The predicted octanol–water partition coefficient (Wildman–Crippen LogP) is 2.95. The summed E-state index contributed by atoms with van der Waals surface area (Å²) in [6, 6.07) is 0. The third-order valence-electron chi connectivity index (χ3n) is 3.00. The predicted molar refractivity (Wildman–Crippen MR) is 70.8 cm³/mol. The number of nitrogens with one attached hydrogen (secondary N) is 1. The van der Waals surface area contributed by atoms with Gasteiger partial charge in [-0.3, -0.25) is 4.79 Å². The molecule has 4 heteroatoms. The van der Waals surface area contributed by atoms with Crippen LogP contribution in [0.3, 0.4) is 0 Å². The van der Waals surface area contributed by atoms with E-state index in [9.17, 15) is 4.79 Å². The van der Waals surface area contributed by atoms with E-state index in [0.717, 1.165) is 23.9 Å².